The van der Waals surface area contributed by atoms with Crippen LogP contribution in [0.5, 0.6) is 5.75 Å². The molecular weight excluding hydrogens is 260 g/mol. The molecule has 1 unspecified atom stereocenters. The van der Waals surface area contributed by atoms with E-state index in [9.17, 15) is 14.7 Å². The van der Waals surface area contributed by atoms with Gasteiger partial charge in [-0.2, -0.15) is 0 Å². The van der Waals surface area contributed by atoms with E-state index in [1.807, 2.05) is 13.0 Å². The van der Waals surface area contributed by atoms with E-state index in [0.717, 1.165) is 5.56 Å². The van der Waals surface area contributed by atoms with Gasteiger partial charge < -0.3 is 15.5 Å². The van der Waals surface area contributed by atoms with Crippen molar-refractivity contribution in [2.45, 2.75) is 25.9 Å². The Morgan fingerprint density at radius 3 is 2.95 bits per heavy atom. The smallest absolute Gasteiger partial charge is 0.305 e. The number of nitrogens with zero attached hydrogens (tertiary/aromatic N) is 1. The van der Waals surface area contributed by atoms with Crippen LogP contribution in [-0.4, -0.2) is 46.1 Å². The van der Waals surface area contributed by atoms with Gasteiger partial charge in [-0.3, -0.25) is 14.5 Å². The van der Waals surface area contributed by atoms with Crippen LogP contribution < -0.4 is 5.32 Å². The van der Waals surface area contributed by atoms with Crippen LogP contribution in [0.1, 0.15) is 17.5 Å². The van der Waals surface area contributed by atoms with Crippen molar-refractivity contribution >= 4 is 11.9 Å². The van der Waals surface area contributed by atoms with Gasteiger partial charge in [0.2, 0.25) is 5.91 Å². The first-order chi connectivity index (χ1) is 9.47. The molecule has 0 aliphatic carbocycles. The lowest BCUT2D eigenvalue weighted by molar-refractivity contribution is -0.143. The Balaban J connectivity index is 2.18. The monoisotopic (exact) mass is 278 g/mol. The van der Waals surface area contributed by atoms with Crippen LogP contribution in [0.2, 0.25) is 0 Å². The molecule has 1 aliphatic rings. The molecule has 0 spiro atoms. The minimum Gasteiger partial charge on any atom is -0.508 e. The number of carbonyl (C=O) groups is 2. The second-order valence-corrected chi connectivity index (χ2v) is 5.01. The molecule has 2 rings (SSSR count). The zero-order valence-electron chi connectivity index (χ0n) is 11.3. The van der Waals surface area contributed by atoms with E-state index in [1.165, 1.54) is 0 Å². The van der Waals surface area contributed by atoms with Crippen molar-refractivity contribution in [1.82, 2.24) is 10.2 Å². The molecule has 0 radical (unpaired) electrons. The Morgan fingerprint density at radius 1 is 1.50 bits per heavy atom. The summed E-state index contributed by atoms with van der Waals surface area (Å²) in [6, 6.07) is 4.57. The standard InChI is InChI=1S/C14H18N2O4/c1-9-2-3-12(17)10(6-9)8-16-5-4-15-14(20)11(16)7-13(18)19/h2-3,6,11,17H,4-5,7-8H2,1H3,(H,15,20)(H,18,19). The van der Waals surface area contributed by atoms with E-state index in [2.05, 4.69) is 5.32 Å². The largest absolute Gasteiger partial charge is 0.508 e. The van der Waals surface area contributed by atoms with Gasteiger partial charge in [0, 0.05) is 25.2 Å². The lowest BCUT2D eigenvalue weighted by Crippen LogP contribution is -2.55. The number of piperazine rings is 1. The van der Waals surface area contributed by atoms with E-state index < -0.39 is 12.0 Å². The second-order valence-electron chi connectivity index (χ2n) is 5.01. The maximum atomic E-state index is 11.8. The first kappa shape index (κ1) is 14.3. The molecule has 0 aromatic heterocycles. The fraction of sp³-hybridized carbons (Fsp3) is 0.429. The summed E-state index contributed by atoms with van der Waals surface area (Å²) in [6.07, 6.45) is -0.238. The fourth-order valence-electron chi connectivity index (χ4n) is 2.40. The van der Waals surface area contributed by atoms with Crippen LogP contribution in [0, 0.1) is 6.92 Å². The van der Waals surface area contributed by atoms with Crippen LogP contribution in [0.25, 0.3) is 0 Å². The van der Waals surface area contributed by atoms with Gasteiger partial charge in [0.05, 0.1) is 6.42 Å². The highest BCUT2D eigenvalue weighted by Gasteiger charge is 2.31. The summed E-state index contributed by atoms with van der Waals surface area (Å²) in [7, 11) is 0. The van der Waals surface area contributed by atoms with Gasteiger partial charge in [-0.1, -0.05) is 17.7 Å². The molecule has 1 amide bonds. The summed E-state index contributed by atoms with van der Waals surface area (Å²) in [5, 5.41) is 21.4. The average Bonchev–Trinajstić information content (AvgIpc) is 2.37. The average molecular weight is 278 g/mol. The van der Waals surface area contributed by atoms with Crippen LogP contribution in [0.4, 0.5) is 0 Å². The Labute approximate surface area is 117 Å². The summed E-state index contributed by atoms with van der Waals surface area (Å²) >= 11 is 0. The highest BCUT2D eigenvalue weighted by Crippen LogP contribution is 2.22. The Kier molecular flexibility index (Phi) is 4.24. The molecular formula is C14H18N2O4. The van der Waals surface area contributed by atoms with E-state index in [4.69, 9.17) is 5.11 Å². The molecule has 1 saturated heterocycles. The summed E-state index contributed by atoms with van der Waals surface area (Å²) in [5.41, 5.74) is 1.71. The van der Waals surface area contributed by atoms with Gasteiger partial charge in [0.15, 0.2) is 0 Å². The second kappa shape index (κ2) is 5.92. The number of rotatable bonds is 4. The molecule has 20 heavy (non-hydrogen) atoms. The van der Waals surface area contributed by atoms with E-state index in [1.54, 1.807) is 17.0 Å². The van der Waals surface area contributed by atoms with E-state index in [0.29, 0.717) is 25.2 Å². The molecule has 1 atom stereocenters. The van der Waals surface area contributed by atoms with Crippen LogP contribution >= 0.6 is 0 Å². The molecule has 1 fully saturated rings. The van der Waals surface area contributed by atoms with Gasteiger partial charge in [0.1, 0.15) is 11.8 Å². The molecule has 108 valence electrons. The number of carbonyl (C=O) groups excluding carboxylic acids is 1. The van der Waals surface area contributed by atoms with Crippen molar-refractivity contribution in [2.24, 2.45) is 0 Å². The number of aliphatic carboxylic acids is 1. The topological polar surface area (TPSA) is 89.9 Å². The zero-order chi connectivity index (χ0) is 14.7. The SMILES string of the molecule is Cc1ccc(O)c(CN2CCNC(=O)C2CC(=O)O)c1. The molecule has 0 saturated carbocycles. The predicted molar refractivity (Wildman–Crippen MR) is 72.3 cm³/mol. The van der Waals surface area contributed by atoms with Crippen molar-refractivity contribution < 1.29 is 19.8 Å². The number of benzene rings is 1. The predicted octanol–water partition coefficient (Wildman–Crippen LogP) is 0.476. The van der Waals surface area contributed by atoms with Crippen LogP contribution in [-0.2, 0) is 16.1 Å². The van der Waals surface area contributed by atoms with E-state index >= 15 is 0 Å². The first-order valence-corrected chi connectivity index (χ1v) is 6.49. The minimum absolute atomic E-state index is 0.163. The van der Waals surface area contributed by atoms with Crippen LogP contribution in [0.15, 0.2) is 18.2 Å². The van der Waals surface area contributed by atoms with Gasteiger partial charge in [-0.25, -0.2) is 0 Å². The molecule has 1 aromatic rings. The number of phenols is 1. The van der Waals surface area contributed by atoms with Crippen molar-refractivity contribution in [3.8, 4) is 5.75 Å². The number of hydrogen-bond acceptors (Lipinski definition) is 4. The van der Waals surface area contributed by atoms with E-state index in [-0.39, 0.29) is 18.1 Å². The number of aromatic hydroxyl groups is 1. The summed E-state index contributed by atoms with van der Waals surface area (Å²) in [5.74, 6) is -1.12. The van der Waals surface area contributed by atoms with Crippen molar-refractivity contribution in [2.75, 3.05) is 13.1 Å². The third kappa shape index (κ3) is 3.27. The third-order valence-corrected chi connectivity index (χ3v) is 3.42. The molecule has 1 aliphatic heterocycles. The zero-order valence-corrected chi connectivity index (χ0v) is 11.3. The maximum Gasteiger partial charge on any atom is 0.305 e. The minimum atomic E-state index is -1.01. The summed E-state index contributed by atoms with van der Waals surface area (Å²) in [4.78, 5) is 24.5. The Morgan fingerprint density at radius 2 is 2.25 bits per heavy atom. The highest BCUT2D eigenvalue weighted by molar-refractivity contribution is 5.86. The fourth-order valence-corrected chi connectivity index (χ4v) is 2.40. The number of hydrogen-bond donors (Lipinski definition) is 3. The number of amides is 1. The molecule has 1 aromatic carbocycles. The molecule has 1 heterocycles. The van der Waals surface area contributed by atoms with Crippen molar-refractivity contribution in [3.63, 3.8) is 0 Å². The third-order valence-electron chi connectivity index (χ3n) is 3.42. The molecule has 6 heteroatoms. The maximum absolute atomic E-state index is 11.8. The summed E-state index contributed by atoms with van der Waals surface area (Å²) < 4.78 is 0. The number of aryl methyl sites for hydroxylation is 1. The molecule has 3 N–H and O–H groups in total. The number of carboxylic acids is 1. The quantitative estimate of drug-likeness (QED) is 0.745. The Hall–Kier alpha value is -2.08. The Bertz CT molecular complexity index is 530. The normalized spacial score (nSPS) is 19.6. The highest BCUT2D eigenvalue weighted by atomic mass is 16.4. The van der Waals surface area contributed by atoms with Gasteiger partial charge in [-0.05, 0) is 13.0 Å². The first-order valence-electron chi connectivity index (χ1n) is 6.49. The van der Waals surface area contributed by atoms with Gasteiger partial charge in [0.25, 0.3) is 0 Å². The van der Waals surface area contributed by atoms with Crippen LogP contribution in [0.3, 0.4) is 0 Å². The number of phenolic OH excluding ortho intramolecular Hbond substituents is 1. The lowest BCUT2D eigenvalue weighted by atomic mass is 10.1. The number of nitrogens with one attached hydrogen (secondary N) is 1. The lowest BCUT2D eigenvalue weighted by Gasteiger charge is -2.34. The molecule has 6 nitrogen and oxygen atoms in total. The van der Waals surface area contributed by atoms with Gasteiger partial charge in [-0.15, -0.1) is 0 Å². The van der Waals surface area contributed by atoms with Crippen molar-refractivity contribution in [1.29, 1.82) is 0 Å². The summed E-state index contributed by atoms with van der Waals surface area (Å²) in [6.45, 7) is 3.33. The van der Waals surface area contributed by atoms with Gasteiger partial charge >= 0.3 is 5.97 Å². The number of carboxylic acid groups (broad SMARTS) is 1. The molecule has 0 bridgehead atoms. The van der Waals surface area contributed by atoms with Crippen molar-refractivity contribution in [3.05, 3.63) is 29.3 Å².